The van der Waals surface area contributed by atoms with Crippen LogP contribution in [0, 0.1) is 15.5 Å². The Morgan fingerprint density at radius 1 is 1.29 bits per heavy atom. The molecular weight excluding hydrogens is 276 g/mol. The van der Waals surface area contributed by atoms with Crippen LogP contribution in [0.3, 0.4) is 0 Å². The summed E-state index contributed by atoms with van der Waals surface area (Å²) >= 11 is 0. The first-order chi connectivity index (χ1) is 9.69. The molecule has 1 N–H and O–H groups in total. The van der Waals surface area contributed by atoms with Crippen molar-refractivity contribution in [2.75, 3.05) is 13.1 Å². The SMILES string of the molecule is CC1(C)CCN(C(=O)c2cc(C(=O)O)cc([N+](=O)[O-])c2)C1. The Morgan fingerprint density at radius 2 is 1.90 bits per heavy atom. The van der Waals surface area contributed by atoms with Gasteiger partial charge in [0.25, 0.3) is 11.6 Å². The van der Waals surface area contributed by atoms with Crippen LogP contribution >= 0.6 is 0 Å². The molecule has 1 fully saturated rings. The van der Waals surface area contributed by atoms with Gasteiger partial charge in [0.15, 0.2) is 0 Å². The van der Waals surface area contributed by atoms with E-state index in [1.807, 2.05) is 13.8 Å². The van der Waals surface area contributed by atoms with Crippen molar-refractivity contribution in [3.63, 3.8) is 0 Å². The zero-order valence-corrected chi connectivity index (χ0v) is 11.8. The Bertz CT molecular complexity index is 592. The summed E-state index contributed by atoms with van der Waals surface area (Å²) in [6, 6.07) is 3.26. The molecule has 0 aromatic heterocycles. The molecule has 0 spiro atoms. The smallest absolute Gasteiger partial charge is 0.335 e. The third-order valence-corrected chi connectivity index (χ3v) is 3.59. The van der Waals surface area contributed by atoms with Gasteiger partial charge < -0.3 is 10.0 Å². The summed E-state index contributed by atoms with van der Waals surface area (Å²) in [6.45, 7) is 5.20. The van der Waals surface area contributed by atoms with Crippen LogP contribution in [-0.4, -0.2) is 39.9 Å². The first kappa shape index (κ1) is 15.0. The standard InChI is InChI=1S/C14H16N2O5/c1-14(2)3-4-15(8-14)12(17)9-5-10(13(18)19)7-11(6-9)16(20)21/h5-7H,3-4,8H2,1-2H3,(H,18,19). The van der Waals surface area contributed by atoms with Crippen LogP contribution in [-0.2, 0) is 0 Å². The summed E-state index contributed by atoms with van der Waals surface area (Å²) in [5.74, 6) is -1.67. The van der Waals surface area contributed by atoms with Crippen molar-refractivity contribution >= 4 is 17.6 Å². The lowest BCUT2D eigenvalue weighted by atomic mass is 9.93. The van der Waals surface area contributed by atoms with E-state index in [4.69, 9.17) is 5.11 Å². The van der Waals surface area contributed by atoms with Gasteiger partial charge in [-0.3, -0.25) is 14.9 Å². The molecule has 1 saturated heterocycles. The summed E-state index contributed by atoms with van der Waals surface area (Å²) in [6.07, 6.45) is 0.847. The molecule has 112 valence electrons. The molecular formula is C14H16N2O5. The minimum absolute atomic E-state index is 0.00595. The molecule has 0 saturated carbocycles. The number of likely N-dealkylation sites (tertiary alicyclic amines) is 1. The lowest BCUT2D eigenvalue weighted by Crippen LogP contribution is -2.30. The van der Waals surface area contributed by atoms with Crippen molar-refractivity contribution in [3.8, 4) is 0 Å². The molecule has 1 aromatic carbocycles. The van der Waals surface area contributed by atoms with Crippen LogP contribution in [0.1, 0.15) is 41.0 Å². The molecule has 0 unspecified atom stereocenters. The quantitative estimate of drug-likeness (QED) is 0.679. The highest BCUT2D eigenvalue weighted by atomic mass is 16.6. The average molecular weight is 292 g/mol. The Morgan fingerprint density at radius 3 is 2.38 bits per heavy atom. The van der Waals surface area contributed by atoms with Crippen LogP contribution in [0.5, 0.6) is 0 Å². The summed E-state index contributed by atoms with van der Waals surface area (Å²) in [5.41, 5.74) is -0.603. The predicted molar refractivity (Wildman–Crippen MR) is 74.4 cm³/mol. The maximum Gasteiger partial charge on any atom is 0.335 e. The highest BCUT2D eigenvalue weighted by molar-refractivity contribution is 5.98. The van der Waals surface area contributed by atoms with E-state index < -0.39 is 16.6 Å². The van der Waals surface area contributed by atoms with E-state index in [2.05, 4.69) is 0 Å². The fraction of sp³-hybridized carbons (Fsp3) is 0.429. The van der Waals surface area contributed by atoms with Crippen molar-refractivity contribution in [1.29, 1.82) is 0 Å². The number of carbonyl (C=O) groups excluding carboxylic acids is 1. The monoisotopic (exact) mass is 292 g/mol. The molecule has 7 heteroatoms. The molecule has 1 aliphatic heterocycles. The zero-order chi connectivity index (χ0) is 15.8. The molecule has 21 heavy (non-hydrogen) atoms. The van der Waals surface area contributed by atoms with Gasteiger partial charge in [-0.15, -0.1) is 0 Å². The summed E-state index contributed by atoms with van der Waals surface area (Å²) in [4.78, 5) is 35.2. The van der Waals surface area contributed by atoms with Crippen LogP contribution in [0.2, 0.25) is 0 Å². The molecule has 1 aliphatic rings. The minimum Gasteiger partial charge on any atom is -0.478 e. The number of aromatic carboxylic acids is 1. The number of hydrogen-bond acceptors (Lipinski definition) is 4. The third kappa shape index (κ3) is 3.18. The minimum atomic E-state index is -1.30. The van der Waals surface area contributed by atoms with E-state index in [9.17, 15) is 19.7 Å². The van der Waals surface area contributed by atoms with Gasteiger partial charge >= 0.3 is 5.97 Å². The summed E-state index contributed by atoms with van der Waals surface area (Å²) in [7, 11) is 0. The molecule has 0 atom stereocenters. The van der Waals surface area contributed by atoms with Gasteiger partial charge in [0, 0.05) is 30.8 Å². The van der Waals surface area contributed by atoms with E-state index in [1.54, 1.807) is 4.90 Å². The Kier molecular flexibility index (Phi) is 3.67. The molecule has 1 amide bonds. The maximum atomic E-state index is 12.4. The average Bonchev–Trinajstić information content (AvgIpc) is 2.77. The third-order valence-electron chi connectivity index (χ3n) is 3.59. The molecule has 0 radical (unpaired) electrons. The highest BCUT2D eigenvalue weighted by Crippen LogP contribution is 2.30. The topological polar surface area (TPSA) is 101 Å². The lowest BCUT2D eigenvalue weighted by Gasteiger charge is -2.20. The van der Waals surface area contributed by atoms with Gasteiger partial charge in [0.05, 0.1) is 10.5 Å². The largest absolute Gasteiger partial charge is 0.478 e. The normalized spacial score (nSPS) is 16.8. The summed E-state index contributed by atoms with van der Waals surface area (Å²) < 4.78 is 0. The number of non-ortho nitro benzene ring substituents is 1. The van der Waals surface area contributed by atoms with E-state index in [0.29, 0.717) is 13.1 Å². The number of benzene rings is 1. The van der Waals surface area contributed by atoms with E-state index in [-0.39, 0.29) is 22.4 Å². The Labute approximate surface area is 121 Å². The van der Waals surface area contributed by atoms with Crippen LogP contribution in [0.4, 0.5) is 5.69 Å². The molecule has 2 rings (SSSR count). The fourth-order valence-corrected chi connectivity index (χ4v) is 2.43. The van der Waals surface area contributed by atoms with Crippen molar-refractivity contribution in [3.05, 3.63) is 39.4 Å². The van der Waals surface area contributed by atoms with Gasteiger partial charge in [0.2, 0.25) is 0 Å². The molecule has 1 heterocycles. The number of nitrogens with zero attached hydrogens (tertiary/aromatic N) is 2. The first-order valence-electron chi connectivity index (χ1n) is 6.52. The lowest BCUT2D eigenvalue weighted by molar-refractivity contribution is -0.384. The molecule has 1 aromatic rings. The number of nitro groups is 1. The second kappa shape index (κ2) is 5.16. The fourth-order valence-electron chi connectivity index (χ4n) is 2.43. The number of amides is 1. The number of carbonyl (C=O) groups is 2. The maximum absolute atomic E-state index is 12.4. The number of nitro benzene ring substituents is 1. The van der Waals surface area contributed by atoms with Crippen LogP contribution in [0.15, 0.2) is 18.2 Å². The van der Waals surface area contributed by atoms with Gasteiger partial charge in [-0.1, -0.05) is 13.8 Å². The van der Waals surface area contributed by atoms with Crippen molar-refractivity contribution in [1.82, 2.24) is 4.90 Å². The van der Waals surface area contributed by atoms with Gasteiger partial charge in [-0.25, -0.2) is 4.79 Å². The van der Waals surface area contributed by atoms with Gasteiger partial charge in [-0.2, -0.15) is 0 Å². The second-order valence-electron chi connectivity index (χ2n) is 5.97. The van der Waals surface area contributed by atoms with Crippen molar-refractivity contribution in [2.24, 2.45) is 5.41 Å². The number of rotatable bonds is 3. The molecule has 0 aliphatic carbocycles. The van der Waals surface area contributed by atoms with Gasteiger partial charge in [0.1, 0.15) is 0 Å². The van der Waals surface area contributed by atoms with Crippen molar-refractivity contribution in [2.45, 2.75) is 20.3 Å². The number of hydrogen-bond donors (Lipinski definition) is 1. The first-order valence-corrected chi connectivity index (χ1v) is 6.52. The Balaban J connectivity index is 2.37. The second-order valence-corrected chi connectivity index (χ2v) is 5.97. The summed E-state index contributed by atoms with van der Waals surface area (Å²) in [5, 5.41) is 19.9. The van der Waals surface area contributed by atoms with Crippen molar-refractivity contribution < 1.29 is 19.6 Å². The molecule has 7 nitrogen and oxygen atoms in total. The molecule has 0 bridgehead atoms. The van der Waals surface area contributed by atoms with E-state index >= 15 is 0 Å². The van der Waals surface area contributed by atoms with Crippen LogP contribution < -0.4 is 0 Å². The number of carboxylic acid groups (broad SMARTS) is 1. The zero-order valence-electron chi connectivity index (χ0n) is 11.8. The van der Waals surface area contributed by atoms with Crippen LogP contribution in [0.25, 0.3) is 0 Å². The predicted octanol–water partition coefficient (Wildman–Crippen LogP) is 2.17. The van der Waals surface area contributed by atoms with E-state index in [0.717, 1.165) is 18.6 Å². The highest BCUT2D eigenvalue weighted by Gasteiger charge is 2.33. The number of carboxylic acids is 1. The van der Waals surface area contributed by atoms with E-state index in [1.165, 1.54) is 6.07 Å². The Hall–Kier alpha value is -2.44. The van der Waals surface area contributed by atoms with Gasteiger partial charge in [-0.05, 0) is 17.9 Å².